The average Bonchev–Trinajstić information content (AvgIpc) is 2.31. The minimum absolute atomic E-state index is 0.155. The van der Waals surface area contributed by atoms with Crippen molar-refractivity contribution in [2.24, 2.45) is 0 Å². The molecule has 0 heterocycles. The van der Waals surface area contributed by atoms with E-state index in [2.05, 4.69) is 6.58 Å². The van der Waals surface area contributed by atoms with Gasteiger partial charge in [-0.2, -0.15) is 0 Å². The van der Waals surface area contributed by atoms with Crippen molar-refractivity contribution >= 4 is 5.97 Å². The smallest absolute Gasteiger partial charge is 0.330 e. The SMILES string of the molecule is C=CC(=O)OCCCCCOCC(O)CO. The molecule has 5 nitrogen and oxygen atoms in total. The molecule has 0 fully saturated rings. The summed E-state index contributed by atoms with van der Waals surface area (Å²) in [6.07, 6.45) is 2.85. The fraction of sp³-hybridized carbons (Fsp3) is 0.727. The van der Waals surface area contributed by atoms with Gasteiger partial charge in [-0.1, -0.05) is 6.58 Å². The van der Waals surface area contributed by atoms with Gasteiger partial charge < -0.3 is 19.7 Å². The van der Waals surface area contributed by atoms with Gasteiger partial charge in [0, 0.05) is 12.7 Å². The van der Waals surface area contributed by atoms with Gasteiger partial charge in [-0.3, -0.25) is 0 Å². The molecule has 0 saturated carbocycles. The number of carbonyl (C=O) groups excluding carboxylic acids is 1. The van der Waals surface area contributed by atoms with Crippen LogP contribution in [0.2, 0.25) is 0 Å². The average molecular weight is 232 g/mol. The Bertz CT molecular complexity index is 193. The van der Waals surface area contributed by atoms with E-state index in [4.69, 9.17) is 19.7 Å². The number of rotatable bonds is 10. The van der Waals surface area contributed by atoms with E-state index in [0.717, 1.165) is 25.3 Å². The van der Waals surface area contributed by atoms with Crippen molar-refractivity contribution in [2.45, 2.75) is 25.4 Å². The minimum Gasteiger partial charge on any atom is -0.463 e. The molecule has 0 aliphatic carbocycles. The molecule has 0 aliphatic rings. The molecule has 0 aliphatic heterocycles. The number of aliphatic hydroxyl groups is 2. The van der Waals surface area contributed by atoms with Gasteiger partial charge in [-0.05, 0) is 19.3 Å². The maximum absolute atomic E-state index is 10.6. The molecule has 0 saturated heterocycles. The molecule has 1 unspecified atom stereocenters. The zero-order valence-electron chi connectivity index (χ0n) is 9.43. The van der Waals surface area contributed by atoms with Crippen LogP contribution in [0.25, 0.3) is 0 Å². The van der Waals surface area contributed by atoms with Crippen LogP contribution in [0.3, 0.4) is 0 Å². The summed E-state index contributed by atoms with van der Waals surface area (Å²) in [5, 5.41) is 17.4. The van der Waals surface area contributed by atoms with E-state index in [1.807, 2.05) is 0 Å². The number of carbonyl (C=O) groups is 1. The number of unbranched alkanes of at least 4 members (excludes halogenated alkanes) is 2. The number of ether oxygens (including phenoxy) is 2. The quantitative estimate of drug-likeness (QED) is 0.321. The third kappa shape index (κ3) is 9.64. The first-order chi connectivity index (χ1) is 7.70. The van der Waals surface area contributed by atoms with Gasteiger partial charge in [0.15, 0.2) is 0 Å². The molecule has 16 heavy (non-hydrogen) atoms. The highest BCUT2D eigenvalue weighted by Gasteiger charge is 2.00. The maximum Gasteiger partial charge on any atom is 0.330 e. The monoisotopic (exact) mass is 232 g/mol. The summed E-state index contributed by atoms with van der Waals surface area (Å²) in [7, 11) is 0. The summed E-state index contributed by atoms with van der Waals surface area (Å²) < 4.78 is 9.88. The van der Waals surface area contributed by atoms with Crippen LogP contribution < -0.4 is 0 Å². The number of aliphatic hydroxyl groups excluding tert-OH is 2. The predicted molar refractivity (Wildman–Crippen MR) is 58.9 cm³/mol. The first-order valence-corrected chi connectivity index (χ1v) is 5.36. The van der Waals surface area contributed by atoms with Crippen LogP contribution in [0, 0.1) is 0 Å². The van der Waals surface area contributed by atoms with Crippen LogP contribution in [0.4, 0.5) is 0 Å². The van der Waals surface area contributed by atoms with E-state index in [-0.39, 0.29) is 13.2 Å². The van der Waals surface area contributed by atoms with E-state index in [9.17, 15) is 4.79 Å². The zero-order chi connectivity index (χ0) is 12.2. The fourth-order valence-electron chi connectivity index (χ4n) is 0.987. The van der Waals surface area contributed by atoms with Crippen molar-refractivity contribution in [3.8, 4) is 0 Å². The first-order valence-electron chi connectivity index (χ1n) is 5.36. The minimum atomic E-state index is -0.798. The van der Waals surface area contributed by atoms with Crippen molar-refractivity contribution in [3.05, 3.63) is 12.7 Å². The Kier molecular flexibility index (Phi) is 10.00. The van der Waals surface area contributed by atoms with Crippen LogP contribution in [0.1, 0.15) is 19.3 Å². The Morgan fingerprint density at radius 1 is 1.31 bits per heavy atom. The van der Waals surface area contributed by atoms with E-state index in [0.29, 0.717) is 13.2 Å². The Hall–Kier alpha value is -0.910. The molecule has 0 aromatic carbocycles. The second kappa shape index (κ2) is 10.6. The number of hydrogen-bond acceptors (Lipinski definition) is 5. The highest BCUT2D eigenvalue weighted by Crippen LogP contribution is 1.97. The van der Waals surface area contributed by atoms with Gasteiger partial charge in [-0.15, -0.1) is 0 Å². The zero-order valence-corrected chi connectivity index (χ0v) is 9.43. The molecule has 0 aromatic rings. The Morgan fingerprint density at radius 2 is 2.00 bits per heavy atom. The number of esters is 1. The van der Waals surface area contributed by atoms with Crippen LogP contribution in [-0.2, 0) is 14.3 Å². The van der Waals surface area contributed by atoms with E-state index in [1.165, 1.54) is 0 Å². The lowest BCUT2D eigenvalue weighted by Crippen LogP contribution is -2.19. The van der Waals surface area contributed by atoms with Gasteiger partial charge >= 0.3 is 5.97 Å². The molecule has 94 valence electrons. The molecule has 0 bridgehead atoms. The summed E-state index contributed by atoms with van der Waals surface area (Å²) in [6.45, 7) is 4.09. The summed E-state index contributed by atoms with van der Waals surface area (Å²) in [5.41, 5.74) is 0. The molecule has 0 radical (unpaired) electrons. The summed E-state index contributed by atoms with van der Waals surface area (Å²) in [5.74, 6) is -0.401. The van der Waals surface area contributed by atoms with Gasteiger partial charge in [0.25, 0.3) is 0 Å². The lowest BCUT2D eigenvalue weighted by molar-refractivity contribution is -0.137. The van der Waals surface area contributed by atoms with Crippen molar-refractivity contribution in [1.82, 2.24) is 0 Å². The van der Waals surface area contributed by atoms with Crippen molar-refractivity contribution in [3.63, 3.8) is 0 Å². The van der Waals surface area contributed by atoms with E-state index < -0.39 is 12.1 Å². The van der Waals surface area contributed by atoms with E-state index >= 15 is 0 Å². The summed E-state index contributed by atoms with van der Waals surface area (Å²) >= 11 is 0. The molecular formula is C11H20O5. The maximum atomic E-state index is 10.6. The van der Waals surface area contributed by atoms with Gasteiger partial charge in [0.1, 0.15) is 6.10 Å². The van der Waals surface area contributed by atoms with Crippen LogP contribution >= 0.6 is 0 Å². The third-order valence-corrected chi connectivity index (χ3v) is 1.86. The molecular weight excluding hydrogens is 212 g/mol. The van der Waals surface area contributed by atoms with Crippen molar-refractivity contribution in [1.29, 1.82) is 0 Å². The third-order valence-electron chi connectivity index (χ3n) is 1.86. The molecule has 2 N–H and O–H groups in total. The Labute approximate surface area is 95.7 Å². The Balaban J connectivity index is 3.10. The van der Waals surface area contributed by atoms with E-state index in [1.54, 1.807) is 0 Å². The highest BCUT2D eigenvalue weighted by atomic mass is 16.5. The molecule has 0 spiro atoms. The largest absolute Gasteiger partial charge is 0.463 e. The Morgan fingerprint density at radius 3 is 2.62 bits per heavy atom. The summed E-state index contributed by atoms with van der Waals surface area (Å²) in [6, 6.07) is 0. The number of hydrogen-bond donors (Lipinski definition) is 2. The van der Waals surface area contributed by atoms with Crippen LogP contribution in [0.15, 0.2) is 12.7 Å². The standard InChI is InChI=1S/C11H20O5/c1-2-11(14)16-7-5-3-4-6-15-9-10(13)8-12/h2,10,12-13H,1,3-9H2. The molecule has 1 atom stereocenters. The van der Waals surface area contributed by atoms with Crippen LogP contribution in [0.5, 0.6) is 0 Å². The van der Waals surface area contributed by atoms with Gasteiger partial charge in [-0.25, -0.2) is 4.79 Å². The lowest BCUT2D eigenvalue weighted by Gasteiger charge is -2.07. The molecule has 5 heteroatoms. The summed E-state index contributed by atoms with van der Waals surface area (Å²) in [4.78, 5) is 10.6. The van der Waals surface area contributed by atoms with Gasteiger partial charge in [0.05, 0.1) is 19.8 Å². The normalized spacial score (nSPS) is 12.1. The highest BCUT2D eigenvalue weighted by molar-refractivity contribution is 5.81. The second-order valence-corrected chi connectivity index (χ2v) is 3.34. The topological polar surface area (TPSA) is 76.0 Å². The van der Waals surface area contributed by atoms with Crippen LogP contribution in [-0.4, -0.2) is 48.7 Å². The van der Waals surface area contributed by atoms with Gasteiger partial charge in [0.2, 0.25) is 0 Å². The first kappa shape index (κ1) is 15.1. The molecule has 0 amide bonds. The molecule has 0 aromatic heterocycles. The van der Waals surface area contributed by atoms with Crippen molar-refractivity contribution in [2.75, 3.05) is 26.4 Å². The fourth-order valence-corrected chi connectivity index (χ4v) is 0.987. The van der Waals surface area contributed by atoms with Crippen molar-refractivity contribution < 1.29 is 24.5 Å². The lowest BCUT2D eigenvalue weighted by atomic mass is 10.2. The second-order valence-electron chi connectivity index (χ2n) is 3.34. The molecule has 0 rings (SSSR count). The predicted octanol–water partition coefficient (Wildman–Crippen LogP) is 0.256.